The molecule has 2 heterocycles. The standard InChI is InChI=1S/C22H19ClN2O6S/c1-29-16-5-3-15(23)10-14(16)11-20(26)24-6-7-25-21(27)19(32-22(25)28)9-13-2-4-17-18(8-13)31-12-30-17/h2-5,8-10H,6-7,11-12H2,1H3,(H,24,26)/b19-9-. The second-order valence-corrected chi connectivity index (χ2v) is 8.36. The van der Waals surface area contributed by atoms with Crippen LogP contribution in [-0.2, 0) is 16.0 Å². The van der Waals surface area contributed by atoms with Crippen molar-refractivity contribution >= 4 is 46.5 Å². The van der Waals surface area contributed by atoms with Gasteiger partial charge in [0.1, 0.15) is 5.75 Å². The molecule has 2 aliphatic heterocycles. The summed E-state index contributed by atoms with van der Waals surface area (Å²) in [4.78, 5) is 38.7. The molecular formula is C22H19ClN2O6S. The zero-order valence-electron chi connectivity index (χ0n) is 17.1. The van der Waals surface area contributed by atoms with Gasteiger partial charge in [-0.1, -0.05) is 17.7 Å². The lowest BCUT2D eigenvalue weighted by molar-refractivity contribution is -0.124. The minimum absolute atomic E-state index is 0.0651. The summed E-state index contributed by atoms with van der Waals surface area (Å²) >= 11 is 6.85. The first-order valence-electron chi connectivity index (χ1n) is 9.69. The quantitative estimate of drug-likeness (QED) is 0.614. The zero-order chi connectivity index (χ0) is 22.7. The number of hydrogen-bond acceptors (Lipinski definition) is 7. The summed E-state index contributed by atoms with van der Waals surface area (Å²) in [6, 6.07) is 10.3. The second kappa shape index (κ2) is 9.54. The number of thioether (sulfide) groups is 1. The molecule has 0 atom stereocenters. The average Bonchev–Trinajstić information content (AvgIpc) is 3.33. The number of carbonyl (C=O) groups excluding carboxylic acids is 3. The van der Waals surface area contributed by atoms with Gasteiger partial charge in [-0.3, -0.25) is 19.3 Å². The molecule has 4 rings (SSSR count). The normalized spacial score (nSPS) is 16.1. The van der Waals surface area contributed by atoms with Crippen LogP contribution in [0.1, 0.15) is 11.1 Å². The summed E-state index contributed by atoms with van der Waals surface area (Å²) in [6.45, 7) is 0.365. The third-order valence-electron chi connectivity index (χ3n) is 4.82. The number of rotatable bonds is 7. The highest BCUT2D eigenvalue weighted by molar-refractivity contribution is 8.18. The number of imide groups is 1. The predicted molar refractivity (Wildman–Crippen MR) is 120 cm³/mol. The Morgan fingerprint density at radius 3 is 2.84 bits per heavy atom. The Labute approximate surface area is 193 Å². The molecule has 0 spiro atoms. The van der Waals surface area contributed by atoms with E-state index < -0.39 is 5.91 Å². The van der Waals surface area contributed by atoms with Crippen LogP contribution in [-0.4, -0.2) is 48.9 Å². The van der Waals surface area contributed by atoms with Crippen molar-refractivity contribution in [2.75, 3.05) is 27.0 Å². The van der Waals surface area contributed by atoms with Crippen LogP contribution < -0.4 is 19.5 Å². The number of carbonyl (C=O) groups is 3. The van der Waals surface area contributed by atoms with E-state index in [2.05, 4.69) is 5.32 Å². The van der Waals surface area contributed by atoms with Crippen molar-refractivity contribution in [1.82, 2.24) is 10.2 Å². The van der Waals surface area contributed by atoms with Crippen molar-refractivity contribution in [3.05, 3.63) is 57.5 Å². The van der Waals surface area contributed by atoms with Crippen molar-refractivity contribution in [3.63, 3.8) is 0 Å². The molecule has 2 aromatic rings. The van der Waals surface area contributed by atoms with Crippen LogP contribution in [0.25, 0.3) is 6.08 Å². The fourth-order valence-electron chi connectivity index (χ4n) is 3.27. The maximum absolute atomic E-state index is 12.7. The van der Waals surface area contributed by atoms with E-state index in [1.165, 1.54) is 7.11 Å². The van der Waals surface area contributed by atoms with Gasteiger partial charge >= 0.3 is 0 Å². The van der Waals surface area contributed by atoms with Crippen LogP contribution in [0.2, 0.25) is 5.02 Å². The van der Waals surface area contributed by atoms with Crippen LogP contribution in [0, 0.1) is 0 Å². The van der Waals surface area contributed by atoms with Crippen LogP contribution in [0.5, 0.6) is 17.2 Å². The Hall–Kier alpha value is -3.17. The smallest absolute Gasteiger partial charge is 0.293 e. The number of halogens is 1. The first-order valence-corrected chi connectivity index (χ1v) is 10.9. The van der Waals surface area contributed by atoms with Crippen LogP contribution in [0.3, 0.4) is 0 Å². The van der Waals surface area contributed by atoms with E-state index in [1.807, 2.05) is 0 Å². The van der Waals surface area contributed by atoms with Gasteiger partial charge in [-0.05, 0) is 53.7 Å². The van der Waals surface area contributed by atoms with Crippen molar-refractivity contribution in [2.24, 2.45) is 0 Å². The number of methoxy groups -OCH3 is 1. The van der Waals surface area contributed by atoms with E-state index in [1.54, 1.807) is 42.5 Å². The highest BCUT2D eigenvalue weighted by Crippen LogP contribution is 2.36. The lowest BCUT2D eigenvalue weighted by Gasteiger charge is -2.13. The molecule has 1 N–H and O–H groups in total. The molecule has 0 saturated carbocycles. The number of benzene rings is 2. The summed E-state index contributed by atoms with van der Waals surface area (Å²) in [5.74, 6) is 1.12. The van der Waals surface area contributed by atoms with E-state index in [9.17, 15) is 14.4 Å². The Bertz CT molecular complexity index is 1120. The van der Waals surface area contributed by atoms with Crippen LogP contribution in [0.4, 0.5) is 4.79 Å². The van der Waals surface area contributed by atoms with E-state index in [4.69, 9.17) is 25.8 Å². The van der Waals surface area contributed by atoms with Gasteiger partial charge in [-0.15, -0.1) is 0 Å². The molecule has 1 saturated heterocycles. The van der Waals surface area contributed by atoms with Gasteiger partial charge in [0, 0.05) is 23.7 Å². The number of hydrogen-bond donors (Lipinski definition) is 1. The summed E-state index contributed by atoms with van der Waals surface area (Å²) < 4.78 is 15.8. The molecule has 3 amide bonds. The molecule has 166 valence electrons. The Morgan fingerprint density at radius 1 is 1.22 bits per heavy atom. The van der Waals surface area contributed by atoms with Gasteiger partial charge in [0.15, 0.2) is 11.5 Å². The van der Waals surface area contributed by atoms with E-state index in [0.717, 1.165) is 22.2 Å². The highest BCUT2D eigenvalue weighted by atomic mass is 35.5. The number of fused-ring (bicyclic) bond motifs is 1. The SMILES string of the molecule is COc1ccc(Cl)cc1CC(=O)NCCN1C(=O)S/C(=C\c2ccc3c(c2)OCO3)C1=O. The van der Waals surface area contributed by atoms with Gasteiger partial charge in [0.2, 0.25) is 12.7 Å². The van der Waals surface area contributed by atoms with Gasteiger partial charge in [-0.25, -0.2) is 0 Å². The molecule has 8 nitrogen and oxygen atoms in total. The maximum atomic E-state index is 12.7. The van der Waals surface area contributed by atoms with Gasteiger partial charge in [-0.2, -0.15) is 0 Å². The van der Waals surface area contributed by atoms with E-state index in [0.29, 0.717) is 32.7 Å². The zero-order valence-corrected chi connectivity index (χ0v) is 18.6. The molecule has 0 bridgehead atoms. The Balaban J connectivity index is 1.33. The fourth-order valence-corrected chi connectivity index (χ4v) is 4.33. The molecule has 0 aliphatic carbocycles. The van der Waals surface area contributed by atoms with Gasteiger partial charge in [0.05, 0.1) is 18.4 Å². The molecule has 1 fully saturated rings. The van der Waals surface area contributed by atoms with Crippen molar-refractivity contribution in [2.45, 2.75) is 6.42 Å². The molecule has 0 aromatic heterocycles. The highest BCUT2D eigenvalue weighted by Gasteiger charge is 2.34. The van der Waals surface area contributed by atoms with Gasteiger partial charge in [0.25, 0.3) is 11.1 Å². The fraction of sp³-hybridized carbons (Fsp3) is 0.227. The lowest BCUT2D eigenvalue weighted by Crippen LogP contribution is -2.37. The first-order chi connectivity index (χ1) is 15.4. The molecule has 2 aromatic carbocycles. The topological polar surface area (TPSA) is 94.2 Å². The summed E-state index contributed by atoms with van der Waals surface area (Å²) in [5, 5.41) is 2.84. The van der Waals surface area contributed by atoms with Crippen molar-refractivity contribution in [3.8, 4) is 17.2 Å². The molecule has 2 aliphatic rings. The van der Waals surface area contributed by atoms with E-state index in [-0.39, 0.29) is 37.4 Å². The maximum Gasteiger partial charge on any atom is 0.293 e. The average molecular weight is 475 g/mol. The molecule has 10 heteroatoms. The monoisotopic (exact) mass is 474 g/mol. The Morgan fingerprint density at radius 2 is 2.03 bits per heavy atom. The number of ether oxygens (including phenoxy) is 3. The Kier molecular flexibility index (Phi) is 6.57. The largest absolute Gasteiger partial charge is 0.496 e. The third kappa shape index (κ3) is 4.84. The summed E-state index contributed by atoms with van der Waals surface area (Å²) in [6.07, 6.45) is 1.70. The van der Waals surface area contributed by atoms with Crippen LogP contribution >= 0.6 is 23.4 Å². The minimum atomic E-state index is -0.400. The first kappa shape index (κ1) is 22.0. The van der Waals surface area contributed by atoms with E-state index >= 15 is 0 Å². The molecular weight excluding hydrogens is 456 g/mol. The number of amides is 3. The molecule has 0 unspecified atom stereocenters. The number of nitrogens with zero attached hydrogens (tertiary/aromatic N) is 1. The second-order valence-electron chi connectivity index (χ2n) is 6.93. The molecule has 0 radical (unpaired) electrons. The summed E-state index contributed by atoms with van der Waals surface area (Å²) in [7, 11) is 1.52. The number of nitrogens with one attached hydrogen (secondary N) is 1. The van der Waals surface area contributed by atoms with Crippen LogP contribution in [0.15, 0.2) is 41.3 Å². The van der Waals surface area contributed by atoms with Crippen molar-refractivity contribution in [1.29, 1.82) is 0 Å². The van der Waals surface area contributed by atoms with Crippen molar-refractivity contribution < 1.29 is 28.6 Å². The third-order valence-corrected chi connectivity index (χ3v) is 5.96. The summed E-state index contributed by atoms with van der Waals surface area (Å²) in [5.41, 5.74) is 1.37. The lowest BCUT2D eigenvalue weighted by atomic mass is 10.1. The minimum Gasteiger partial charge on any atom is -0.496 e. The molecule has 32 heavy (non-hydrogen) atoms. The van der Waals surface area contributed by atoms with Gasteiger partial charge < -0.3 is 19.5 Å². The predicted octanol–water partition coefficient (Wildman–Crippen LogP) is 3.47.